The molecular weight excluding hydrogens is 294 g/mol. The summed E-state index contributed by atoms with van der Waals surface area (Å²) >= 11 is 0. The second kappa shape index (κ2) is 6.39. The molecule has 1 aliphatic rings. The predicted octanol–water partition coefficient (Wildman–Crippen LogP) is 4.09. The van der Waals surface area contributed by atoms with Gasteiger partial charge in [-0.3, -0.25) is 0 Å². The van der Waals surface area contributed by atoms with Crippen molar-refractivity contribution in [2.24, 2.45) is 5.92 Å². The minimum absolute atomic E-state index is 0.00299. The summed E-state index contributed by atoms with van der Waals surface area (Å²) in [5.74, 6) is 0.462. The van der Waals surface area contributed by atoms with Gasteiger partial charge in [-0.25, -0.2) is 13.1 Å². The van der Waals surface area contributed by atoms with Crippen LogP contribution in [0.5, 0.6) is 0 Å². The van der Waals surface area contributed by atoms with Crippen molar-refractivity contribution in [3.8, 4) is 0 Å². The number of sulfonamides is 1. The molecule has 3 rings (SSSR count). The highest BCUT2D eigenvalue weighted by Gasteiger charge is 2.25. The lowest BCUT2D eigenvalue weighted by molar-refractivity contribution is 0.303. The predicted molar refractivity (Wildman–Crippen MR) is 90.3 cm³/mol. The van der Waals surface area contributed by atoms with E-state index in [0.29, 0.717) is 10.8 Å². The second-order valence-electron chi connectivity index (χ2n) is 6.32. The molecule has 0 radical (unpaired) electrons. The number of hydrogen-bond acceptors (Lipinski definition) is 2. The molecule has 1 saturated carbocycles. The first-order valence-corrected chi connectivity index (χ1v) is 9.56. The monoisotopic (exact) mass is 317 g/mol. The van der Waals surface area contributed by atoms with E-state index < -0.39 is 10.0 Å². The lowest BCUT2D eigenvalue weighted by Gasteiger charge is -2.28. The average molecular weight is 317 g/mol. The van der Waals surface area contributed by atoms with Gasteiger partial charge in [-0.15, -0.1) is 0 Å². The van der Waals surface area contributed by atoms with Crippen molar-refractivity contribution in [1.29, 1.82) is 0 Å². The number of rotatable bonds is 4. The van der Waals surface area contributed by atoms with Crippen molar-refractivity contribution in [3.05, 3.63) is 42.5 Å². The van der Waals surface area contributed by atoms with Crippen molar-refractivity contribution in [2.45, 2.75) is 50.0 Å². The molecule has 118 valence electrons. The molecule has 0 bridgehead atoms. The largest absolute Gasteiger partial charge is 0.240 e. The SMILES string of the molecule is CC(NS(=O)(=O)c1ccc2ccccc2c1)C1CCCCC1. The van der Waals surface area contributed by atoms with Gasteiger partial charge < -0.3 is 0 Å². The molecule has 4 heteroatoms. The minimum Gasteiger partial charge on any atom is -0.208 e. The minimum atomic E-state index is -3.45. The maximum atomic E-state index is 12.6. The molecule has 22 heavy (non-hydrogen) atoms. The Labute approximate surface area is 132 Å². The summed E-state index contributed by atoms with van der Waals surface area (Å²) in [6.07, 6.45) is 5.96. The van der Waals surface area contributed by atoms with Gasteiger partial charge in [-0.05, 0) is 48.6 Å². The molecule has 0 aliphatic heterocycles. The fourth-order valence-electron chi connectivity index (χ4n) is 3.38. The Morgan fingerprint density at radius 2 is 1.68 bits per heavy atom. The third kappa shape index (κ3) is 3.33. The van der Waals surface area contributed by atoms with Gasteiger partial charge >= 0.3 is 0 Å². The van der Waals surface area contributed by atoms with E-state index in [0.717, 1.165) is 23.6 Å². The zero-order valence-corrected chi connectivity index (χ0v) is 13.8. The summed E-state index contributed by atoms with van der Waals surface area (Å²) in [4.78, 5) is 0.355. The maximum Gasteiger partial charge on any atom is 0.240 e. The lowest BCUT2D eigenvalue weighted by Crippen LogP contribution is -2.38. The molecule has 1 N–H and O–H groups in total. The highest BCUT2D eigenvalue weighted by atomic mass is 32.2. The van der Waals surface area contributed by atoms with Crippen LogP contribution in [0.25, 0.3) is 10.8 Å². The van der Waals surface area contributed by atoms with Crippen LogP contribution in [0.15, 0.2) is 47.4 Å². The van der Waals surface area contributed by atoms with E-state index in [1.165, 1.54) is 19.3 Å². The van der Waals surface area contributed by atoms with Crippen molar-refractivity contribution in [1.82, 2.24) is 4.72 Å². The van der Waals surface area contributed by atoms with Crippen LogP contribution in [-0.2, 0) is 10.0 Å². The quantitative estimate of drug-likeness (QED) is 0.923. The van der Waals surface area contributed by atoms with Crippen LogP contribution in [0.2, 0.25) is 0 Å². The van der Waals surface area contributed by atoms with Crippen LogP contribution < -0.4 is 4.72 Å². The van der Waals surface area contributed by atoms with Crippen molar-refractivity contribution in [3.63, 3.8) is 0 Å². The fourth-order valence-corrected chi connectivity index (χ4v) is 4.73. The molecular formula is C18H23NO2S. The van der Waals surface area contributed by atoms with Gasteiger partial charge in [-0.2, -0.15) is 0 Å². The topological polar surface area (TPSA) is 46.2 Å². The van der Waals surface area contributed by atoms with Gasteiger partial charge in [0.2, 0.25) is 10.0 Å². The normalized spacial score (nSPS) is 18.4. The Bertz CT molecular complexity index is 749. The highest BCUT2D eigenvalue weighted by molar-refractivity contribution is 7.89. The molecule has 0 heterocycles. The third-order valence-electron chi connectivity index (χ3n) is 4.73. The molecule has 1 aliphatic carbocycles. The zero-order valence-electron chi connectivity index (χ0n) is 13.0. The lowest BCUT2D eigenvalue weighted by atomic mass is 9.85. The first kappa shape index (κ1) is 15.5. The van der Waals surface area contributed by atoms with Crippen LogP contribution >= 0.6 is 0 Å². The van der Waals surface area contributed by atoms with E-state index in [4.69, 9.17) is 0 Å². The summed E-state index contributed by atoms with van der Waals surface area (Å²) < 4.78 is 28.1. The van der Waals surface area contributed by atoms with E-state index >= 15 is 0 Å². The Morgan fingerprint density at radius 1 is 1.00 bits per heavy atom. The molecule has 0 amide bonds. The van der Waals surface area contributed by atoms with E-state index in [1.54, 1.807) is 12.1 Å². The summed E-state index contributed by atoms with van der Waals surface area (Å²) in [6.45, 7) is 1.99. The van der Waals surface area contributed by atoms with E-state index in [2.05, 4.69) is 4.72 Å². The van der Waals surface area contributed by atoms with Gasteiger partial charge in [-0.1, -0.05) is 49.6 Å². The molecule has 0 spiro atoms. The van der Waals surface area contributed by atoms with E-state index in [-0.39, 0.29) is 6.04 Å². The maximum absolute atomic E-state index is 12.6. The molecule has 3 nitrogen and oxygen atoms in total. The second-order valence-corrected chi connectivity index (χ2v) is 8.03. The molecule has 1 fully saturated rings. The summed E-state index contributed by atoms with van der Waals surface area (Å²) in [7, 11) is -3.45. The van der Waals surface area contributed by atoms with Gasteiger partial charge in [0.25, 0.3) is 0 Å². The number of nitrogens with one attached hydrogen (secondary N) is 1. The molecule has 2 aromatic rings. The molecule has 0 saturated heterocycles. The Hall–Kier alpha value is -1.39. The number of benzene rings is 2. The van der Waals surface area contributed by atoms with Crippen LogP contribution in [0, 0.1) is 5.92 Å². The Kier molecular flexibility index (Phi) is 4.50. The van der Waals surface area contributed by atoms with E-state index in [9.17, 15) is 8.42 Å². The van der Waals surface area contributed by atoms with E-state index in [1.807, 2.05) is 37.3 Å². The number of fused-ring (bicyclic) bond motifs is 1. The van der Waals surface area contributed by atoms with Crippen LogP contribution in [0.3, 0.4) is 0 Å². The summed E-state index contributed by atoms with van der Waals surface area (Å²) in [6, 6.07) is 13.1. The first-order valence-electron chi connectivity index (χ1n) is 8.07. The average Bonchev–Trinajstić information content (AvgIpc) is 2.55. The van der Waals surface area contributed by atoms with Crippen LogP contribution in [-0.4, -0.2) is 14.5 Å². The van der Waals surface area contributed by atoms with Gasteiger partial charge in [0.15, 0.2) is 0 Å². The van der Waals surface area contributed by atoms with Crippen molar-refractivity contribution >= 4 is 20.8 Å². The smallest absolute Gasteiger partial charge is 0.208 e. The summed E-state index contributed by atoms with van der Waals surface area (Å²) in [5.41, 5.74) is 0. The Balaban J connectivity index is 1.81. The van der Waals surface area contributed by atoms with Crippen molar-refractivity contribution < 1.29 is 8.42 Å². The fraction of sp³-hybridized carbons (Fsp3) is 0.444. The van der Waals surface area contributed by atoms with Gasteiger partial charge in [0.05, 0.1) is 4.90 Å². The van der Waals surface area contributed by atoms with Crippen molar-refractivity contribution in [2.75, 3.05) is 0 Å². The zero-order chi connectivity index (χ0) is 15.6. The Morgan fingerprint density at radius 3 is 2.41 bits per heavy atom. The standard InChI is InChI=1S/C18H23NO2S/c1-14(15-7-3-2-4-8-15)19-22(20,21)18-12-11-16-9-5-6-10-17(16)13-18/h5-6,9-15,19H,2-4,7-8H2,1H3. The van der Waals surface area contributed by atoms with Gasteiger partial charge in [0.1, 0.15) is 0 Å². The highest BCUT2D eigenvalue weighted by Crippen LogP contribution is 2.27. The molecule has 1 unspecified atom stereocenters. The van der Waals surface area contributed by atoms with Gasteiger partial charge in [0, 0.05) is 6.04 Å². The third-order valence-corrected chi connectivity index (χ3v) is 6.29. The first-order chi connectivity index (χ1) is 10.6. The number of hydrogen-bond donors (Lipinski definition) is 1. The van der Waals surface area contributed by atoms with Crippen LogP contribution in [0.1, 0.15) is 39.0 Å². The molecule has 1 atom stereocenters. The summed E-state index contributed by atoms with van der Waals surface area (Å²) in [5, 5.41) is 2.01. The van der Waals surface area contributed by atoms with Crippen LogP contribution in [0.4, 0.5) is 0 Å². The molecule has 0 aromatic heterocycles. The molecule has 2 aromatic carbocycles.